The minimum Gasteiger partial charge on any atom is -0.355 e. The lowest BCUT2D eigenvalue weighted by Gasteiger charge is -2.46. The third-order valence-electron chi connectivity index (χ3n) is 5.44. The van der Waals surface area contributed by atoms with Crippen LogP contribution in [-0.2, 0) is 19.2 Å². The Balaban J connectivity index is 1.61. The van der Waals surface area contributed by atoms with E-state index in [2.05, 4.69) is 34.3 Å². The van der Waals surface area contributed by atoms with Crippen LogP contribution in [0, 0.1) is 0 Å². The number of piperazine rings is 1. The smallest absolute Gasteiger partial charge is 0.355 e. The van der Waals surface area contributed by atoms with Crippen LogP contribution < -0.4 is 10.6 Å². The summed E-state index contributed by atoms with van der Waals surface area (Å²) in [5.41, 5.74) is 0. The van der Waals surface area contributed by atoms with Crippen molar-refractivity contribution >= 4 is 23.8 Å². The number of hydroxylamine groups is 2. The number of nitrogens with zero attached hydrogens (tertiary/aromatic N) is 3. The van der Waals surface area contributed by atoms with Crippen LogP contribution in [0.25, 0.3) is 0 Å². The molecule has 2 heterocycles. The molecule has 0 aromatic heterocycles. The highest BCUT2D eigenvalue weighted by Gasteiger charge is 2.38. The van der Waals surface area contributed by atoms with E-state index in [1.165, 1.54) is 0 Å². The van der Waals surface area contributed by atoms with Crippen molar-refractivity contribution in [2.45, 2.75) is 57.7 Å². The molecule has 2 aliphatic heterocycles. The van der Waals surface area contributed by atoms with Crippen LogP contribution in [0.3, 0.4) is 0 Å². The molecule has 2 rings (SSSR count). The summed E-state index contributed by atoms with van der Waals surface area (Å²) in [5.74, 6) is -1.01. The van der Waals surface area contributed by atoms with Gasteiger partial charge in [0, 0.05) is 44.6 Å². The lowest BCUT2D eigenvalue weighted by atomic mass is 10.3. The molecular formula is C18H31N5O5. The van der Waals surface area contributed by atoms with Crippen LogP contribution in [0.4, 0.5) is 4.79 Å². The molecule has 0 bridgehead atoms. The number of amides is 4. The van der Waals surface area contributed by atoms with Gasteiger partial charge in [-0.2, -0.15) is 0 Å². The van der Waals surface area contributed by atoms with E-state index >= 15 is 0 Å². The van der Waals surface area contributed by atoms with Crippen molar-refractivity contribution in [1.29, 1.82) is 0 Å². The molecule has 0 aromatic carbocycles. The molecule has 28 heavy (non-hydrogen) atoms. The van der Waals surface area contributed by atoms with Gasteiger partial charge < -0.3 is 15.5 Å². The first-order valence-electron chi connectivity index (χ1n) is 9.73. The van der Waals surface area contributed by atoms with Gasteiger partial charge in [-0.05, 0) is 40.8 Å². The maximum Gasteiger partial charge on any atom is 0.432 e. The summed E-state index contributed by atoms with van der Waals surface area (Å²) in [4.78, 5) is 55.9. The van der Waals surface area contributed by atoms with Crippen molar-refractivity contribution in [2.75, 3.05) is 33.7 Å². The third-order valence-corrected chi connectivity index (χ3v) is 5.44. The molecule has 2 fully saturated rings. The fourth-order valence-electron chi connectivity index (χ4n) is 3.60. The minimum atomic E-state index is -0.831. The molecule has 0 aromatic rings. The number of imide groups is 1. The SMILES string of the molecule is [13CH3][13CH]1[13CH2][15N]([13CH3])[13CH](C(=O)NCCCCNC(=O)ON2C(=O)CCC2=O)[13CH]([13CH3])[15N]1[13CH3]. The van der Waals surface area contributed by atoms with Gasteiger partial charge in [0.15, 0.2) is 0 Å². The molecule has 2 saturated heterocycles. The molecule has 3 unspecified atom stereocenters. The van der Waals surface area contributed by atoms with Crippen molar-refractivity contribution in [3.8, 4) is 0 Å². The Kier molecular flexibility index (Phi) is 7.76. The highest BCUT2D eigenvalue weighted by Crippen LogP contribution is 2.18. The highest BCUT2D eigenvalue weighted by molar-refractivity contribution is 6.01. The normalized spacial score (nSPS) is 26.4. The summed E-state index contributed by atoms with van der Waals surface area (Å²) >= 11 is 0. The Morgan fingerprint density at radius 3 is 2.21 bits per heavy atom. The zero-order valence-corrected chi connectivity index (χ0v) is 17.1. The topological polar surface area (TPSA) is 111 Å². The summed E-state index contributed by atoms with van der Waals surface area (Å²) in [6.45, 7) is 5.88. The van der Waals surface area contributed by atoms with E-state index in [0.29, 0.717) is 37.0 Å². The van der Waals surface area contributed by atoms with Crippen molar-refractivity contribution in [3.63, 3.8) is 0 Å². The fourth-order valence-corrected chi connectivity index (χ4v) is 3.60. The minimum absolute atomic E-state index is 0.00665. The van der Waals surface area contributed by atoms with E-state index in [-0.39, 0.29) is 30.8 Å². The van der Waals surface area contributed by atoms with Crippen molar-refractivity contribution in [1.82, 2.24) is 25.5 Å². The van der Waals surface area contributed by atoms with Crippen LogP contribution in [0.15, 0.2) is 0 Å². The predicted octanol–water partition coefficient (Wildman–Crippen LogP) is -0.304. The number of rotatable bonds is 7. The van der Waals surface area contributed by atoms with Crippen LogP contribution in [0.2, 0.25) is 0 Å². The molecule has 158 valence electrons. The van der Waals surface area contributed by atoms with E-state index in [1.54, 1.807) is 0 Å². The Labute approximate surface area is 165 Å². The Morgan fingerprint density at radius 1 is 1.04 bits per heavy atom. The molecule has 0 aliphatic carbocycles. The Morgan fingerprint density at radius 2 is 1.61 bits per heavy atom. The van der Waals surface area contributed by atoms with Gasteiger partial charge in [0.2, 0.25) is 5.91 Å². The number of hydrogen-bond acceptors (Lipinski definition) is 7. The van der Waals surface area contributed by atoms with Crippen molar-refractivity contribution in [2.24, 2.45) is 0 Å². The van der Waals surface area contributed by atoms with Crippen molar-refractivity contribution in [3.05, 3.63) is 0 Å². The summed E-state index contributed by atoms with van der Waals surface area (Å²) in [6, 6.07) is 0.340. The number of carbonyl (C=O) groups is 4. The fraction of sp³-hybridized carbons (Fsp3) is 0.778. The molecule has 4 amide bonds. The summed E-state index contributed by atoms with van der Waals surface area (Å²) in [6.07, 6.45) is 0.613. The van der Waals surface area contributed by atoms with Crippen LogP contribution >= 0.6 is 0 Å². The number of nitrogens with one attached hydrogen (secondary N) is 2. The van der Waals surface area contributed by atoms with Gasteiger partial charge in [-0.15, -0.1) is 5.06 Å². The molecule has 10 heteroatoms. The summed E-state index contributed by atoms with van der Waals surface area (Å²) in [7, 11) is 4.01. The number of hydrogen-bond donors (Lipinski definition) is 2. The second kappa shape index (κ2) is 9.83. The zero-order chi connectivity index (χ0) is 20.8. The zero-order valence-electron chi connectivity index (χ0n) is 17.1. The van der Waals surface area contributed by atoms with E-state index in [4.69, 9.17) is 4.84 Å². The molecule has 10 nitrogen and oxygen atoms in total. The van der Waals surface area contributed by atoms with E-state index < -0.39 is 17.9 Å². The standard InChI is InChI=1S/C18H31N5O5/c1-12-11-21(3)16(13(2)22(12)4)17(26)19-9-5-6-10-20-18(27)28-23-14(24)7-8-15(23)25/h12-13,16H,5-11H2,1-4H3,(H,19,26)(H,20,27)/i1+1,2+1,3+1,4+1,11+1,12+1,13+1,16+1,21+1,22+1. The number of carbonyl (C=O) groups excluding carboxylic acids is 4. The first kappa shape index (κ1) is 22.1. The van der Waals surface area contributed by atoms with Gasteiger partial charge in [-0.3, -0.25) is 24.2 Å². The Hall–Kier alpha value is -2.20. The lowest BCUT2D eigenvalue weighted by molar-refractivity contribution is -0.171. The maximum absolute atomic E-state index is 12.5. The predicted molar refractivity (Wildman–Crippen MR) is 101 cm³/mol. The quantitative estimate of drug-likeness (QED) is 0.258. The molecule has 0 saturated carbocycles. The largest absolute Gasteiger partial charge is 0.432 e. The summed E-state index contributed by atoms with van der Waals surface area (Å²) < 4.78 is 0. The van der Waals surface area contributed by atoms with Gasteiger partial charge in [-0.25, -0.2) is 4.79 Å². The molecule has 3 atom stereocenters. The van der Waals surface area contributed by atoms with Gasteiger partial charge in [-0.1, -0.05) is 0 Å². The van der Waals surface area contributed by atoms with E-state index in [9.17, 15) is 19.2 Å². The van der Waals surface area contributed by atoms with E-state index in [0.717, 1.165) is 6.54 Å². The van der Waals surface area contributed by atoms with Crippen molar-refractivity contribution < 1.29 is 24.0 Å². The van der Waals surface area contributed by atoms with Crippen LogP contribution in [0.1, 0.15) is 39.5 Å². The molecular weight excluding hydrogens is 376 g/mol. The summed E-state index contributed by atoms with van der Waals surface area (Å²) in [5, 5.41) is 5.96. The number of unbranched alkanes of at least 4 members (excludes halogenated alkanes) is 1. The van der Waals surface area contributed by atoms with Crippen LogP contribution in [-0.4, -0.2) is 90.5 Å². The first-order chi connectivity index (χ1) is 13.2. The molecule has 2 N–H and O–H groups in total. The lowest BCUT2D eigenvalue weighted by Crippen LogP contribution is -2.64. The highest BCUT2D eigenvalue weighted by atomic mass is 16.7. The average Bonchev–Trinajstić information content (AvgIpc) is 2.94. The van der Waals surface area contributed by atoms with Gasteiger partial charge in [0.05, 0.1) is 0 Å². The van der Waals surface area contributed by atoms with Crippen LogP contribution in [0.5, 0.6) is 0 Å². The molecule has 0 spiro atoms. The van der Waals surface area contributed by atoms with Gasteiger partial charge in [0.25, 0.3) is 11.8 Å². The molecule has 0 radical (unpaired) electrons. The second-order valence-electron chi connectivity index (χ2n) is 7.53. The number of likely N-dealkylation sites (N-methyl/N-ethyl adjacent to an activating group) is 2. The Bertz CT molecular complexity index is 597. The van der Waals surface area contributed by atoms with E-state index in [1.807, 2.05) is 14.1 Å². The first-order valence-corrected chi connectivity index (χ1v) is 9.73. The second-order valence-corrected chi connectivity index (χ2v) is 7.53. The monoisotopic (exact) mass is 407 g/mol. The molecule has 2 aliphatic rings. The average molecular weight is 407 g/mol. The maximum atomic E-state index is 12.5. The van der Waals surface area contributed by atoms with Gasteiger partial charge in [0.1, 0.15) is 6.04 Å². The third kappa shape index (κ3) is 5.41. The van der Waals surface area contributed by atoms with Gasteiger partial charge >= 0.3 is 6.09 Å².